The van der Waals surface area contributed by atoms with Gasteiger partial charge in [-0.2, -0.15) is 13.2 Å². The van der Waals surface area contributed by atoms with Crippen LogP contribution in [0.2, 0.25) is 0 Å². The van der Waals surface area contributed by atoms with Crippen molar-refractivity contribution in [2.45, 2.75) is 22.6 Å². The lowest BCUT2D eigenvalue weighted by molar-refractivity contribution is -0.137. The highest BCUT2D eigenvalue weighted by Gasteiger charge is 2.29. The maximum atomic E-state index is 12.6. The Morgan fingerprint density at radius 2 is 1.79 bits per heavy atom. The zero-order valence-corrected chi connectivity index (χ0v) is 17.7. The van der Waals surface area contributed by atoms with Gasteiger partial charge in [0.05, 0.1) is 11.3 Å². The third kappa shape index (κ3) is 7.14. The van der Waals surface area contributed by atoms with Gasteiger partial charge in [0.25, 0.3) is 0 Å². The minimum atomic E-state index is -4.31. The lowest BCUT2D eigenvalue weighted by Crippen LogP contribution is -2.04. The molecule has 0 saturated heterocycles. The zero-order chi connectivity index (χ0) is 20.7. The van der Waals surface area contributed by atoms with Crippen LogP contribution in [0.25, 0.3) is 0 Å². The van der Waals surface area contributed by atoms with Gasteiger partial charge in [-0.3, -0.25) is 4.21 Å². The number of halogens is 3. The molecule has 0 heterocycles. The quantitative estimate of drug-likeness (QED) is 0.329. The van der Waals surface area contributed by atoms with E-state index in [1.54, 1.807) is 27.7 Å². The molecule has 29 heavy (non-hydrogen) atoms. The molecule has 2 aromatic carbocycles. The summed E-state index contributed by atoms with van der Waals surface area (Å²) in [6.07, 6.45) is 1.19. The molecule has 0 saturated carbocycles. The smallest absolute Gasteiger partial charge is 0.259 e. The van der Waals surface area contributed by atoms with Crippen molar-refractivity contribution < 1.29 is 17.4 Å². The first-order chi connectivity index (χ1) is 13.9. The Morgan fingerprint density at radius 1 is 1.00 bits per heavy atom. The molecule has 150 valence electrons. The summed E-state index contributed by atoms with van der Waals surface area (Å²) in [5, 5.41) is 0. The number of rotatable bonds is 8. The number of hydrogen-bond acceptors (Lipinski definition) is 3. The van der Waals surface area contributed by atoms with Crippen LogP contribution in [-0.2, 0) is 28.5 Å². The fourth-order valence-corrected chi connectivity index (χ4v) is 5.86. The Kier molecular flexibility index (Phi) is 7.70. The van der Waals surface area contributed by atoms with E-state index in [4.69, 9.17) is 0 Å². The molecule has 0 spiro atoms. The minimum absolute atomic E-state index is 0.442. The number of benzene rings is 2. The Hall–Kier alpha value is -1.88. The molecule has 0 aliphatic heterocycles. The van der Waals surface area contributed by atoms with Gasteiger partial charge in [0.1, 0.15) is 0 Å². The minimum Gasteiger partial charge on any atom is -0.259 e. The van der Waals surface area contributed by atoms with E-state index in [1.807, 2.05) is 36.4 Å². The van der Waals surface area contributed by atoms with Gasteiger partial charge in [-0.05, 0) is 47.5 Å². The van der Waals surface area contributed by atoms with E-state index < -0.39 is 22.5 Å². The summed E-state index contributed by atoms with van der Waals surface area (Å²) in [5.41, 5.74) is 7.90. The van der Waals surface area contributed by atoms with Crippen LogP contribution in [-0.4, -0.2) is 9.96 Å². The molecular formula is C22H17F3OS3. The lowest BCUT2D eigenvalue weighted by Gasteiger charge is -2.08. The summed E-state index contributed by atoms with van der Waals surface area (Å²) >= 11 is 0. The average molecular weight is 451 g/mol. The van der Waals surface area contributed by atoms with Gasteiger partial charge < -0.3 is 0 Å². The molecule has 0 amide bonds. The summed E-state index contributed by atoms with van der Waals surface area (Å²) in [7, 11) is 2.07. The van der Waals surface area contributed by atoms with Crippen LogP contribution >= 0.6 is 21.6 Å². The van der Waals surface area contributed by atoms with Crippen molar-refractivity contribution in [1.82, 2.24) is 0 Å². The molecule has 1 nitrogen and oxygen atoms in total. The highest BCUT2D eigenvalue weighted by Crippen LogP contribution is 2.35. The molecule has 3 rings (SSSR count). The van der Waals surface area contributed by atoms with Crippen molar-refractivity contribution >= 4 is 32.4 Å². The molecular weight excluding hydrogens is 433 g/mol. The van der Waals surface area contributed by atoms with E-state index in [-0.39, 0.29) is 0 Å². The third-order valence-corrected chi connectivity index (χ3v) is 7.50. The van der Waals surface area contributed by atoms with Crippen molar-refractivity contribution in [3.8, 4) is 0 Å². The molecule has 0 fully saturated rings. The molecule has 1 atom stereocenters. The first kappa shape index (κ1) is 21.8. The van der Waals surface area contributed by atoms with E-state index in [1.165, 1.54) is 12.1 Å². The van der Waals surface area contributed by atoms with Crippen LogP contribution in [0, 0.1) is 0 Å². The van der Waals surface area contributed by atoms with Gasteiger partial charge in [-0.25, -0.2) is 0 Å². The van der Waals surface area contributed by atoms with Crippen molar-refractivity contribution in [2.24, 2.45) is 0 Å². The van der Waals surface area contributed by atoms with Crippen molar-refractivity contribution in [3.05, 3.63) is 100 Å². The van der Waals surface area contributed by atoms with E-state index in [0.717, 1.165) is 33.7 Å². The predicted octanol–water partition coefficient (Wildman–Crippen LogP) is 6.70. The molecule has 1 unspecified atom stereocenters. The van der Waals surface area contributed by atoms with Crippen LogP contribution in [0.3, 0.4) is 0 Å². The summed E-state index contributed by atoms with van der Waals surface area (Å²) < 4.78 is 50.2. The normalized spacial score (nSPS) is 14.1. The standard InChI is InChI=1S/C22H17F3OS3/c23-22(24,25)20-11-9-17(10-12-20)14-27-28-21-8-4-7-19(13-21)16-29(26)15-18-5-2-1-3-6-18/h1-2,4-5,7-13H,14-16H2. The largest absolute Gasteiger partial charge is 0.416 e. The van der Waals surface area contributed by atoms with Crippen LogP contribution in [0.1, 0.15) is 16.7 Å². The van der Waals surface area contributed by atoms with Gasteiger partial charge in [-0.1, -0.05) is 63.4 Å². The summed E-state index contributed by atoms with van der Waals surface area (Å²) in [4.78, 5) is 1.02. The van der Waals surface area contributed by atoms with Gasteiger partial charge in [0.15, 0.2) is 0 Å². The number of allylic oxidation sites excluding steroid dienone is 3. The topological polar surface area (TPSA) is 17.1 Å². The number of alkyl halides is 3. The molecule has 0 bridgehead atoms. The Bertz CT molecular complexity index is 1010. The third-order valence-electron chi connectivity index (χ3n) is 3.91. The molecule has 7 heteroatoms. The Balaban J connectivity index is 1.51. The average Bonchev–Trinajstić information content (AvgIpc) is 2.69. The zero-order valence-electron chi connectivity index (χ0n) is 15.2. The number of hydrogen-bond donors (Lipinski definition) is 0. The van der Waals surface area contributed by atoms with Crippen molar-refractivity contribution in [2.75, 3.05) is 5.75 Å². The molecule has 1 aliphatic rings. The maximum Gasteiger partial charge on any atom is 0.416 e. The first-order valence-corrected chi connectivity index (χ1v) is 12.5. The summed E-state index contributed by atoms with van der Waals surface area (Å²) in [6, 6.07) is 13.1. The molecule has 0 radical (unpaired) electrons. The van der Waals surface area contributed by atoms with E-state index in [2.05, 4.69) is 11.5 Å². The van der Waals surface area contributed by atoms with Gasteiger partial charge in [-0.15, -0.1) is 0 Å². The van der Waals surface area contributed by atoms with Gasteiger partial charge in [0.2, 0.25) is 0 Å². The van der Waals surface area contributed by atoms with Crippen molar-refractivity contribution in [1.29, 1.82) is 0 Å². The summed E-state index contributed by atoms with van der Waals surface area (Å²) in [5.74, 6) is 1.50. The first-order valence-electron chi connectivity index (χ1n) is 8.67. The second-order valence-electron chi connectivity index (χ2n) is 6.24. The predicted molar refractivity (Wildman–Crippen MR) is 116 cm³/mol. The summed E-state index contributed by atoms with van der Waals surface area (Å²) in [6.45, 7) is 0. The molecule has 0 N–H and O–H groups in total. The van der Waals surface area contributed by atoms with Crippen LogP contribution in [0.4, 0.5) is 13.2 Å². The van der Waals surface area contributed by atoms with E-state index in [0.29, 0.717) is 17.3 Å². The monoisotopic (exact) mass is 450 g/mol. The van der Waals surface area contributed by atoms with Crippen LogP contribution < -0.4 is 0 Å². The SMILES string of the molecule is O=S(CC1=C=C=CC=C1)Cc1cccc(SSCc2ccc(C(F)(F)F)cc2)c1. The van der Waals surface area contributed by atoms with E-state index >= 15 is 0 Å². The fraction of sp³-hybridized carbons (Fsp3) is 0.182. The Morgan fingerprint density at radius 3 is 2.48 bits per heavy atom. The van der Waals surface area contributed by atoms with Gasteiger partial charge >= 0.3 is 6.18 Å². The second-order valence-corrected chi connectivity index (χ2v) is 10.1. The van der Waals surface area contributed by atoms with Crippen LogP contribution in [0.5, 0.6) is 0 Å². The molecule has 1 aliphatic carbocycles. The lowest BCUT2D eigenvalue weighted by atomic mass is 10.1. The van der Waals surface area contributed by atoms with Crippen LogP contribution in [0.15, 0.2) is 88.7 Å². The van der Waals surface area contributed by atoms with Gasteiger partial charge in [0, 0.05) is 32.8 Å². The fourth-order valence-electron chi connectivity index (χ4n) is 2.53. The highest BCUT2D eigenvalue weighted by atomic mass is 33.1. The highest BCUT2D eigenvalue weighted by molar-refractivity contribution is 8.76. The Labute approximate surface area is 178 Å². The maximum absolute atomic E-state index is 12.6. The van der Waals surface area contributed by atoms with E-state index in [9.17, 15) is 17.4 Å². The van der Waals surface area contributed by atoms with Crippen molar-refractivity contribution in [3.63, 3.8) is 0 Å². The second kappa shape index (κ2) is 10.2. The molecule has 2 aromatic rings. The molecule has 0 aromatic heterocycles.